The van der Waals surface area contributed by atoms with Gasteiger partial charge in [0.15, 0.2) is 11.3 Å². The van der Waals surface area contributed by atoms with Crippen LogP contribution in [0.5, 0.6) is 5.75 Å². The zero-order chi connectivity index (χ0) is 29.9. The van der Waals surface area contributed by atoms with Crippen LogP contribution in [-0.4, -0.2) is 58.0 Å². The molecular formula is C31H39N5O6S. The molecule has 0 radical (unpaired) electrons. The molecule has 1 aliphatic carbocycles. The molecule has 2 heterocycles. The van der Waals surface area contributed by atoms with E-state index in [1.807, 2.05) is 13.0 Å². The fourth-order valence-electron chi connectivity index (χ4n) is 5.41. The largest absolute Gasteiger partial charge is 0.493 e. The minimum absolute atomic E-state index is 0. The second kappa shape index (κ2) is 13.5. The van der Waals surface area contributed by atoms with E-state index >= 15 is 0 Å². The summed E-state index contributed by atoms with van der Waals surface area (Å²) >= 11 is 0. The normalized spacial score (nSPS) is 13.8. The number of hydrogen-bond donors (Lipinski definition) is 1. The van der Waals surface area contributed by atoms with E-state index in [2.05, 4.69) is 4.98 Å². The van der Waals surface area contributed by atoms with Gasteiger partial charge in [0.25, 0.3) is 5.56 Å². The highest BCUT2D eigenvalue weighted by Crippen LogP contribution is 2.35. The number of carbonyl (C=O) groups excluding carboxylic acids is 1. The van der Waals surface area contributed by atoms with E-state index in [9.17, 15) is 18.0 Å². The van der Waals surface area contributed by atoms with Crippen LogP contribution >= 0.6 is 0 Å². The lowest BCUT2D eigenvalue weighted by molar-refractivity contribution is -0.143. The zero-order valence-electron chi connectivity index (χ0n) is 24.0. The highest BCUT2D eigenvalue weighted by atomic mass is 32.2. The van der Waals surface area contributed by atoms with Gasteiger partial charge < -0.3 is 14.5 Å². The van der Waals surface area contributed by atoms with E-state index in [-0.39, 0.29) is 42.8 Å². The van der Waals surface area contributed by atoms with E-state index < -0.39 is 22.5 Å². The van der Waals surface area contributed by atoms with Gasteiger partial charge >= 0.3 is 5.97 Å². The lowest BCUT2D eigenvalue weighted by atomic mass is 10.1. The topological polar surface area (TPSA) is 136 Å². The van der Waals surface area contributed by atoms with Gasteiger partial charge in [-0.3, -0.25) is 9.59 Å². The van der Waals surface area contributed by atoms with Crippen molar-refractivity contribution >= 4 is 21.5 Å². The van der Waals surface area contributed by atoms with Crippen LogP contribution in [0.3, 0.4) is 0 Å². The molecule has 0 unspecified atom stereocenters. The molecule has 230 valence electrons. The number of sulfonamides is 1. The van der Waals surface area contributed by atoms with Crippen molar-refractivity contribution < 1.29 is 22.7 Å². The number of esters is 1. The van der Waals surface area contributed by atoms with Crippen LogP contribution in [0.25, 0.3) is 16.9 Å². The number of hydrogen-bond acceptors (Lipinski definition) is 8. The average molecular weight is 610 g/mol. The van der Waals surface area contributed by atoms with Crippen LogP contribution in [0.2, 0.25) is 0 Å². The summed E-state index contributed by atoms with van der Waals surface area (Å²) in [6.45, 7) is 5.20. The molecule has 43 heavy (non-hydrogen) atoms. The second-order valence-corrected chi connectivity index (χ2v) is 12.2. The van der Waals surface area contributed by atoms with E-state index in [0.717, 1.165) is 35.8 Å². The van der Waals surface area contributed by atoms with Crippen molar-refractivity contribution in [2.45, 2.75) is 71.2 Å². The number of rotatable bonds is 11. The van der Waals surface area contributed by atoms with Crippen molar-refractivity contribution in [3.8, 4) is 17.1 Å². The molecule has 1 aliphatic rings. The van der Waals surface area contributed by atoms with Gasteiger partial charge in [0.05, 0.1) is 29.4 Å². The maximum absolute atomic E-state index is 14.0. The van der Waals surface area contributed by atoms with Crippen LogP contribution < -0.4 is 10.3 Å². The minimum atomic E-state index is -4.21. The number of ether oxygens (including phenoxy) is 2. The number of H-pyrrole nitrogens is 1. The Labute approximate surface area is 251 Å². The fourth-order valence-corrected chi connectivity index (χ4v) is 6.81. The molecule has 2 aromatic heterocycles. The van der Waals surface area contributed by atoms with Gasteiger partial charge in [0.1, 0.15) is 18.1 Å². The van der Waals surface area contributed by atoms with Crippen molar-refractivity contribution in [1.82, 2.24) is 23.9 Å². The Kier molecular flexibility index (Phi) is 10.0. The van der Waals surface area contributed by atoms with Crippen molar-refractivity contribution in [2.24, 2.45) is 0 Å². The van der Waals surface area contributed by atoms with E-state index in [1.54, 1.807) is 42.6 Å². The molecule has 0 amide bonds. The molecule has 11 nitrogen and oxygen atoms in total. The van der Waals surface area contributed by atoms with E-state index in [1.165, 1.54) is 18.2 Å². The highest BCUT2D eigenvalue weighted by Gasteiger charge is 2.30. The molecule has 0 spiro atoms. The number of imidazole rings is 1. The maximum Gasteiger partial charge on any atom is 0.321 e. The van der Waals surface area contributed by atoms with Crippen LogP contribution in [0.4, 0.5) is 0 Å². The first-order valence-electron chi connectivity index (χ1n) is 14.2. The molecule has 0 saturated heterocycles. The summed E-state index contributed by atoms with van der Waals surface area (Å²) in [5.74, 6) is 0.788. The lowest BCUT2D eigenvalue weighted by Crippen LogP contribution is -2.36. The Morgan fingerprint density at radius 2 is 1.81 bits per heavy atom. The number of aromatic nitrogens is 4. The fraction of sp³-hybridized carbons (Fsp3) is 0.419. The van der Waals surface area contributed by atoms with Gasteiger partial charge in [-0.25, -0.2) is 17.9 Å². The van der Waals surface area contributed by atoms with Crippen molar-refractivity contribution in [3.05, 3.63) is 76.0 Å². The first-order valence-corrected chi connectivity index (χ1v) is 15.6. The highest BCUT2D eigenvalue weighted by molar-refractivity contribution is 7.89. The molecule has 0 bridgehead atoms. The number of nitrogens with one attached hydrogen (secondary N) is 1. The van der Waals surface area contributed by atoms with Crippen LogP contribution in [0, 0.1) is 6.92 Å². The summed E-state index contributed by atoms with van der Waals surface area (Å²) in [4.78, 5) is 33.2. The quantitative estimate of drug-likeness (QED) is 0.239. The smallest absolute Gasteiger partial charge is 0.321 e. The van der Waals surface area contributed by atoms with Gasteiger partial charge in [-0.2, -0.15) is 4.31 Å². The molecule has 0 atom stereocenters. The second-order valence-electron chi connectivity index (χ2n) is 10.3. The van der Waals surface area contributed by atoms with Crippen LogP contribution in [-0.2, 0) is 26.1 Å². The Morgan fingerprint density at radius 3 is 2.49 bits per heavy atom. The van der Waals surface area contributed by atoms with Crippen LogP contribution in [0.15, 0.2) is 58.2 Å². The molecule has 4 aromatic rings. The molecule has 0 aliphatic heterocycles. The summed E-state index contributed by atoms with van der Waals surface area (Å²) in [6, 6.07) is 13.4. The SMILES string of the molecule is C.CCOC(=O)CN(Cc1ccccc1)S(=O)(=O)c1ccc(OCC)c(-c2nn3c(C4CCCC4)nc(C)c3c(=O)[nH]2)c1. The van der Waals surface area contributed by atoms with Crippen molar-refractivity contribution in [1.29, 1.82) is 0 Å². The monoisotopic (exact) mass is 609 g/mol. The van der Waals surface area contributed by atoms with Gasteiger partial charge in [-0.15, -0.1) is 5.10 Å². The van der Waals surface area contributed by atoms with Gasteiger partial charge in [-0.1, -0.05) is 50.6 Å². The van der Waals surface area contributed by atoms with Gasteiger partial charge in [0.2, 0.25) is 10.0 Å². The molecular weight excluding hydrogens is 570 g/mol. The average Bonchev–Trinajstić information content (AvgIpc) is 3.62. The maximum atomic E-state index is 14.0. The molecule has 1 N–H and O–H groups in total. The summed E-state index contributed by atoms with van der Waals surface area (Å²) in [7, 11) is -4.21. The number of carbonyl (C=O) groups is 1. The first-order chi connectivity index (χ1) is 20.2. The third-order valence-electron chi connectivity index (χ3n) is 7.38. The van der Waals surface area contributed by atoms with Gasteiger partial charge in [0, 0.05) is 12.5 Å². The standard InChI is InChI=1S/C30H35N5O6S.CH4/c1-4-40-25-16-15-23(42(38,39)34(19-26(36)41-5-2)18-21-11-7-6-8-12-21)17-24(25)28-32-30(37)27-20(3)31-29(35(27)33-28)22-13-9-10-14-22;/h6-8,11-12,15-17,22H,4-5,9-10,13-14,18-19H2,1-3H3,(H,32,33,37);1H4. The third-order valence-corrected chi connectivity index (χ3v) is 9.17. The molecule has 5 rings (SSSR count). The minimum Gasteiger partial charge on any atom is -0.493 e. The number of fused-ring (bicyclic) bond motifs is 1. The Morgan fingerprint density at radius 1 is 1.09 bits per heavy atom. The summed E-state index contributed by atoms with van der Waals surface area (Å²) < 4.78 is 41.6. The van der Waals surface area contributed by atoms with Crippen molar-refractivity contribution in [3.63, 3.8) is 0 Å². The Bertz CT molecular complexity index is 1740. The Hall–Kier alpha value is -4.03. The van der Waals surface area contributed by atoms with Crippen molar-refractivity contribution in [2.75, 3.05) is 19.8 Å². The molecule has 1 fully saturated rings. The predicted molar refractivity (Wildman–Crippen MR) is 164 cm³/mol. The number of aryl methyl sites for hydroxylation is 1. The molecule has 12 heteroatoms. The Balaban J connectivity index is 0.00000423. The lowest BCUT2D eigenvalue weighted by Gasteiger charge is -2.22. The number of benzene rings is 2. The zero-order valence-corrected chi connectivity index (χ0v) is 24.8. The number of aromatic amines is 1. The summed E-state index contributed by atoms with van der Waals surface area (Å²) in [5.41, 5.74) is 1.59. The van der Waals surface area contributed by atoms with Crippen LogP contribution in [0.1, 0.15) is 70.0 Å². The molecule has 2 aromatic carbocycles. The third kappa shape index (κ3) is 6.65. The summed E-state index contributed by atoms with van der Waals surface area (Å²) in [6.07, 6.45) is 4.12. The molecule has 1 saturated carbocycles. The number of nitrogens with zero attached hydrogens (tertiary/aromatic N) is 4. The van der Waals surface area contributed by atoms with Gasteiger partial charge in [-0.05, 0) is 57.4 Å². The van der Waals surface area contributed by atoms with E-state index in [4.69, 9.17) is 19.6 Å². The summed E-state index contributed by atoms with van der Waals surface area (Å²) in [5, 5.41) is 4.76. The first kappa shape index (κ1) is 31.9. The van der Waals surface area contributed by atoms with E-state index in [0.29, 0.717) is 34.7 Å². The predicted octanol–water partition coefficient (Wildman–Crippen LogP) is 4.84.